The van der Waals surface area contributed by atoms with Crippen molar-refractivity contribution in [2.75, 3.05) is 0 Å². The molecule has 0 spiro atoms. The first-order valence-corrected chi connectivity index (χ1v) is 10.7. The number of hydrogen-bond donors (Lipinski definition) is 1. The minimum atomic E-state index is -2.51. The second-order valence-corrected chi connectivity index (χ2v) is 10.1. The van der Waals surface area contributed by atoms with Gasteiger partial charge in [0.05, 0.1) is 0 Å². The number of aliphatic hydroxyl groups is 1. The Kier molecular flexibility index (Phi) is 4.05. The van der Waals surface area contributed by atoms with Crippen LogP contribution < -0.4 is 15.6 Å². The van der Waals surface area contributed by atoms with Crippen molar-refractivity contribution in [2.45, 2.75) is 18.4 Å². The molecule has 0 unspecified atom stereocenters. The first-order chi connectivity index (χ1) is 12.2. The highest BCUT2D eigenvalue weighted by Gasteiger charge is 2.42. The van der Waals surface area contributed by atoms with Crippen molar-refractivity contribution < 1.29 is 5.11 Å². The van der Waals surface area contributed by atoms with E-state index in [1.54, 1.807) is 0 Å². The molecule has 4 rings (SSSR count). The molecule has 0 radical (unpaired) electrons. The predicted octanol–water partition coefficient (Wildman–Crippen LogP) is 2.22. The van der Waals surface area contributed by atoms with Gasteiger partial charge in [0.15, 0.2) is 0 Å². The van der Waals surface area contributed by atoms with E-state index in [2.05, 4.69) is 84.3 Å². The van der Waals surface area contributed by atoms with E-state index in [1.165, 1.54) is 15.6 Å². The Morgan fingerprint density at radius 2 is 1.00 bits per heavy atom. The van der Waals surface area contributed by atoms with Crippen LogP contribution in [-0.4, -0.2) is 18.8 Å². The molecule has 1 saturated carbocycles. The Balaban J connectivity index is 2.02. The van der Waals surface area contributed by atoms with Crippen LogP contribution in [-0.2, 0) is 0 Å². The van der Waals surface area contributed by atoms with E-state index in [0.29, 0.717) is 0 Å². The van der Waals surface area contributed by atoms with Crippen LogP contribution in [0.15, 0.2) is 91.0 Å². The summed E-state index contributed by atoms with van der Waals surface area (Å²) < 4.78 is 0. The van der Waals surface area contributed by atoms with E-state index in [-0.39, 0.29) is 0 Å². The van der Waals surface area contributed by atoms with Crippen LogP contribution in [0.3, 0.4) is 0 Å². The molecule has 0 bridgehead atoms. The normalized spacial score (nSPS) is 15.1. The fourth-order valence-electron chi connectivity index (χ4n) is 3.23. The van der Waals surface area contributed by atoms with Gasteiger partial charge in [0.2, 0.25) is 8.07 Å². The van der Waals surface area contributed by atoms with Gasteiger partial charge in [-0.3, -0.25) is 0 Å². The zero-order chi connectivity index (χ0) is 17.2. The van der Waals surface area contributed by atoms with Crippen molar-refractivity contribution >= 4 is 23.6 Å². The molecule has 0 atom stereocenters. The van der Waals surface area contributed by atoms with Crippen molar-refractivity contribution in [3.05, 3.63) is 91.0 Å². The molecule has 122 valence electrons. The van der Waals surface area contributed by atoms with Gasteiger partial charge in [-0.2, -0.15) is 0 Å². The quantitative estimate of drug-likeness (QED) is 0.440. The van der Waals surface area contributed by atoms with Crippen LogP contribution in [0.1, 0.15) is 12.8 Å². The lowest BCUT2D eigenvalue weighted by Gasteiger charge is -2.28. The van der Waals surface area contributed by atoms with Gasteiger partial charge in [-0.1, -0.05) is 96.9 Å². The van der Waals surface area contributed by atoms with Crippen LogP contribution in [0, 0.1) is 11.5 Å². The van der Waals surface area contributed by atoms with Crippen LogP contribution in [0.4, 0.5) is 0 Å². The summed E-state index contributed by atoms with van der Waals surface area (Å²) in [5.41, 5.74) is 2.84. The minimum absolute atomic E-state index is 0.781. The maximum atomic E-state index is 10.4. The van der Waals surface area contributed by atoms with E-state index in [4.69, 9.17) is 0 Å². The zero-order valence-electron chi connectivity index (χ0n) is 14.0. The van der Waals surface area contributed by atoms with Crippen LogP contribution in [0.25, 0.3) is 0 Å². The molecular weight excluding hydrogens is 320 g/mol. The van der Waals surface area contributed by atoms with E-state index in [1.807, 2.05) is 18.2 Å². The van der Waals surface area contributed by atoms with Crippen molar-refractivity contribution in [1.82, 2.24) is 0 Å². The smallest absolute Gasteiger partial charge is 0.229 e. The molecular formula is C23H20OSi. The molecule has 1 nitrogen and oxygen atoms in total. The second kappa shape index (κ2) is 6.37. The van der Waals surface area contributed by atoms with Gasteiger partial charge in [-0.15, -0.1) is 5.54 Å². The van der Waals surface area contributed by atoms with Crippen LogP contribution in [0.5, 0.6) is 0 Å². The molecule has 1 fully saturated rings. The highest BCUT2D eigenvalue weighted by atomic mass is 28.3. The Hall–Kier alpha value is -2.60. The monoisotopic (exact) mass is 340 g/mol. The number of rotatable bonds is 3. The standard InChI is InChI=1S/C23H20OSi/c24-23(16-17-23)18-19-25(20-10-4-1-5-11-20,21-12-6-2-7-13-21)22-14-8-3-9-15-22/h1-15,24H,16-17H2. The van der Waals surface area contributed by atoms with Gasteiger partial charge in [0, 0.05) is 0 Å². The van der Waals surface area contributed by atoms with Gasteiger partial charge in [0.1, 0.15) is 5.60 Å². The second-order valence-electron chi connectivity index (χ2n) is 6.63. The van der Waals surface area contributed by atoms with Gasteiger partial charge in [-0.25, -0.2) is 0 Å². The SMILES string of the molecule is OC1(C#C[Si](c2ccccc2)(c2ccccc2)c2ccccc2)CC1. The molecule has 0 aliphatic heterocycles. The molecule has 0 amide bonds. The molecule has 1 aliphatic carbocycles. The lowest BCUT2D eigenvalue weighted by atomic mass is 10.3. The Labute approximate surface area is 150 Å². The Morgan fingerprint density at radius 3 is 1.32 bits per heavy atom. The Bertz CT molecular complexity index is 807. The molecule has 3 aromatic carbocycles. The van der Waals surface area contributed by atoms with Gasteiger partial charge < -0.3 is 5.11 Å². The predicted molar refractivity (Wildman–Crippen MR) is 106 cm³/mol. The third kappa shape index (κ3) is 3.05. The topological polar surface area (TPSA) is 20.2 Å². The van der Waals surface area contributed by atoms with Crippen molar-refractivity contribution in [3.63, 3.8) is 0 Å². The summed E-state index contributed by atoms with van der Waals surface area (Å²) in [4.78, 5) is 0. The molecule has 1 N–H and O–H groups in total. The third-order valence-corrected chi connectivity index (χ3v) is 8.92. The molecule has 0 saturated heterocycles. The third-order valence-electron chi connectivity index (χ3n) is 4.83. The van der Waals surface area contributed by atoms with Gasteiger partial charge in [0.25, 0.3) is 0 Å². The molecule has 3 aromatic rings. The van der Waals surface area contributed by atoms with E-state index in [9.17, 15) is 5.11 Å². The minimum Gasteiger partial charge on any atom is -0.378 e. The van der Waals surface area contributed by atoms with E-state index in [0.717, 1.165) is 12.8 Å². The largest absolute Gasteiger partial charge is 0.378 e. The van der Waals surface area contributed by atoms with Crippen molar-refractivity contribution in [3.8, 4) is 11.5 Å². The molecule has 1 aliphatic rings. The lowest BCUT2D eigenvalue weighted by Crippen LogP contribution is -2.66. The summed E-state index contributed by atoms with van der Waals surface area (Å²) in [6.07, 6.45) is 1.56. The summed E-state index contributed by atoms with van der Waals surface area (Å²) in [5.74, 6) is 3.24. The zero-order valence-corrected chi connectivity index (χ0v) is 15.0. The molecule has 2 heteroatoms. The first kappa shape index (κ1) is 15.9. The van der Waals surface area contributed by atoms with Crippen molar-refractivity contribution in [1.29, 1.82) is 0 Å². The lowest BCUT2D eigenvalue weighted by molar-refractivity contribution is 0.212. The summed E-state index contributed by atoms with van der Waals surface area (Å²) in [5, 5.41) is 14.1. The van der Waals surface area contributed by atoms with Gasteiger partial charge in [-0.05, 0) is 28.4 Å². The molecule has 0 aromatic heterocycles. The highest BCUT2D eigenvalue weighted by Crippen LogP contribution is 2.34. The average molecular weight is 340 g/mol. The van der Waals surface area contributed by atoms with E-state index >= 15 is 0 Å². The van der Waals surface area contributed by atoms with Crippen LogP contribution in [0.2, 0.25) is 0 Å². The summed E-state index contributed by atoms with van der Waals surface area (Å²) in [6, 6.07) is 31.7. The average Bonchev–Trinajstić information content (AvgIpc) is 3.42. The Morgan fingerprint density at radius 1 is 0.640 bits per heavy atom. The maximum Gasteiger partial charge on any atom is 0.229 e. The summed E-state index contributed by atoms with van der Waals surface area (Å²) in [7, 11) is -2.51. The highest BCUT2D eigenvalue weighted by molar-refractivity contribution is 7.16. The van der Waals surface area contributed by atoms with Gasteiger partial charge >= 0.3 is 0 Å². The maximum absolute atomic E-state index is 10.4. The number of benzene rings is 3. The van der Waals surface area contributed by atoms with E-state index < -0.39 is 13.7 Å². The molecule has 25 heavy (non-hydrogen) atoms. The fraction of sp³-hybridized carbons (Fsp3) is 0.130. The fourth-order valence-corrected chi connectivity index (χ4v) is 7.16. The summed E-state index contributed by atoms with van der Waals surface area (Å²) in [6.45, 7) is 0. The molecule has 0 heterocycles. The number of hydrogen-bond acceptors (Lipinski definition) is 1. The summed E-state index contributed by atoms with van der Waals surface area (Å²) >= 11 is 0. The van der Waals surface area contributed by atoms with Crippen LogP contribution >= 0.6 is 0 Å². The van der Waals surface area contributed by atoms with Crippen molar-refractivity contribution in [2.24, 2.45) is 0 Å². The first-order valence-electron chi connectivity index (χ1n) is 8.66.